The molecular weight excluding hydrogens is 280 g/mol. The third-order valence-corrected chi connectivity index (χ3v) is 4.10. The molecular formula is C17H25N2O3+. The van der Waals surface area contributed by atoms with Gasteiger partial charge in [-0.25, -0.2) is 4.79 Å². The molecule has 0 bridgehead atoms. The molecule has 0 radical (unpaired) electrons. The smallest absolute Gasteiger partial charge is 0.339 e. The van der Waals surface area contributed by atoms with Crippen molar-refractivity contribution >= 4 is 17.6 Å². The van der Waals surface area contributed by atoms with E-state index >= 15 is 0 Å². The number of hydrogen-bond donors (Lipinski definition) is 2. The average molecular weight is 305 g/mol. The van der Waals surface area contributed by atoms with Crippen molar-refractivity contribution in [3.05, 3.63) is 29.8 Å². The Morgan fingerprint density at radius 2 is 1.86 bits per heavy atom. The molecule has 2 N–H and O–H groups in total. The van der Waals surface area contributed by atoms with Crippen LogP contribution in [0.2, 0.25) is 0 Å². The molecule has 0 aliphatic carbocycles. The van der Waals surface area contributed by atoms with Gasteiger partial charge in [-0.05, 0) is 18.6 Å². The molecule has 120 valence electrons. The second-order valence-electron chi connectivity index (χ2n) is 6.37. The van der Waals surface area contributed by atoms with Crippen LogP contribution in [0.25, 0.3) is 0 Å². The zero-order valence-electron chi connectivity index (χ0n) is 13.5. The number of nitrogens with one attached hydrogen (secondary N) is 2. The summed E-state index contributed by atoms with van der Waals surface area (Å²) in [5.41, 5.74) is 0.894. The zero-order chi connectivity index (χ0) is 16.1. The minimum atomic E-state index is -0.441. The number of amides is 1. The third kappa shape index (κ3) is 4.31. The van der Waals surface area contributed by atoms with Gasteiger partial charge in [0.1, 0.15) is 0 Å². The van der Waals surface area contributed by atoms with Gasteiger partial charge in [0.2, 0.25) is 0 Å². The van der Waals surface area contributed by atoms with Gasteiger partial charge in [0.15, 0.2) is 6.54 Å². The first-order chi connectivity index (χ1) is 10.5. The number of methoxy groups -OCH3 is 1. The van der Waals surface area contributed by atoms with E-state index in [4.69, 9.17) is 4.74 Å². The number of rotatable bonds is 4. The maximum absolute atomic E-state index is 12.3. The lowest BCUT2D eigenvalue weighted by atomic mass is 9.92. The standard InChI is InChI=1S/C17H24N2O3/c1-12-8-13(2)10-19(9-12)11-16(20)18-15-7-5-4-6-14(15)17(21)22-3/h4-7,12-13H,8-11H2,1-3H3,(H,18,20)/p+1/t12-,13-/m0/s1. The Morgan fingerprint density at radius 3 is 2.50 bits per heavy atom. The topological polar surface area (TPSA) is 59.8 Å². The van der Waals surface area contributed by atoms with Crippen LogP contribution >= 0.6 is 0 Å². The van der Waals surface area contributed by atoms with Crippen LogP contribution in [-0.4, -0.2) is 38.6 Å². The highest BCUT2D eigenvalue weighted by Crippen LogP contribution is 2.16. The first-order valence-electron chi connectivity index (χ1n) is 7.80. The van der Waals surface area contributed by atoms with Crippen LogP contribution < -0.4 is 10.2 Å². The van der Waals surface area contributed by atoms with Crippen LogP contribution in [0, 0.1) is 11.8 Å². The molecule has 1 aliphatic heterocycles. The summed E-state index contributed by atoms with van der Waals surface area (Å²) in [5, 5.41) is 2.84. The third-order valence-electron chi connectivity index (χ3n) is 4.10. The summed E-state index contributed by atoms with van der Waals surface area (Å²) >= 11 is 0. The Balaban J connectivity index is 1.99. The fourth-order valence-corrected chi connectivity index (χ4v) is 3.37. The fourth-order valence-electron chi connectivity index (χ4n) is 3.37. The molecule has 1 aliphatic rings. The van der Waals surface area contributed by atoms with Gasteiger partial charge < -0.3 is 15.0 Å². The number of ether oxygens (including phenoxy) is 1. The number of piperidine rings is 1. The highest BCUT2D eigenvalue weighted by molar-refractivity contribution is 6.01. The Labute approximate surface area is 131 Å². The molecule has 2 atom stereocenters. The van der Waals surface area contributed by atoms with E-state index in [-0.39, 0.29) is 5.91 Å². The van der Waals surface area contributed by atoms with E-state index in [0.29, 0.717) is 29.6 Å². The number of likely N-dealkylation sites (tertiary alicyclic amines) is 1. The minimum absolute atomic E-state index is 0.0624. The molecule has 0 saturated carbocycles. The van der Waals surface area contributed by atoms with E-state index in [2.05, 4.69) is 19.2 Å². The molecule has 1 aromatic rings. The maximum Gasteiger partial charge on any atom is 0.339 e. The van der Waals surface area contributed by atoms with Crippen LogP contribution in [0.4, 0.5) is 5.69 Å². The number of anilines is 1. The zero-order valence-corrected chi connectivity index (χ0v) is 13.5. The summed E-state index contributed by atoms with van der Waals surface area (Å²) in [6.07, 6.45) is 1.23. The second-order valence-corrected chi connectivity index (χ2v) is 6.37. The van der Waals surface area contributed by atoms with Crippen molar-refractivity contribution in [3.8, 4) is 0 Å². The van der Waals surface area contributed by atoms with Gasteiger partial charge in [-0.3, -0.25) is 4.79 Å². The van der Waals surface area contributed by atoms with Crippen molar-refractivity contribution in [2.45, 2.75) is 20.3 Å². The summed E-state index contributed by atoms with van der Waals surface area (Å²) in [6.45, 7) is 6.96. The first kappa shape index (κ1) is 16.5. The van der Waals surface area contributed by atoms with E-state index in [1.807, 2.05) is 0 Å². The molecule has 1 fully saturated rings. The van der Waals surface area contributed by atoms with E-state index in [1.165, 1.54) is 18.4 Å². The predicted molar refractivity (Wildman–Crippen MR) is 84.9 cm³/mol. The number of quaternary nitrogens is 1. The van der Waals surface area contributed by atoms with E-state index < -0.39 is 5.97 Å². The fraction of sp³-hybridized carbons (Fsp3) is 0.529. The van der Waals surface area contributed by atoms with Gasteiger partial charge in [-0.1, -0.05) is 26.0 Å². The highest BCUT2D eigenvalue weighted by Gasteiger charge is 2.27. The Hall–Kier alpha value is -1.88. The minimum Gasteiger partial charge on any atom is -0.465 e. The Morgan fingerprint density at radius 1 is 1.23 bits per heavy atom. The van der Waals surface area contributed by atoms with E-state index in [9.17, 15) is 9.59 Å². The van der Waals surface area contributed by atoms with Crippen molar-refractivity contribution in [1.29, 1.82) is 0 Å². The van der Waals surface area contributed by atoms with Crippen LogP contribution in [0.15, 0.2) is 24.3 Å². The summed E-state index contributed by atoms with van der Waals surface area (Å²) in [6, 6.07) is 6.92. The lowest BCUT2D eigenvalue weighted by molar-refractivity contribution is -0.904. The Bertz CT molecular complexity index is 534. The van der Waals surface area contributed by atoms with Gasteiger partial charge in [0, 0.05) is 11.8 Å². The van der Waals surface area contributed by atoms with E-state index in [0.717, 1.165) is 13.1 Å². The molecule has 1 amide bonds. The lowest BCUT2D eigenvalue weighted by Crippen LogP contribution is -3.15. The molecule has 2 rings (SSSR count). The van der Waals surface area contributed by atoms with Gasteiger partial charge in [-0.15, -0.1) is 0 Å². The molecule has 0 aromatic heterocycles. The molecule has 5 heteroatoms. The van der Waals surface area contributed by atoms with Gasteiger partial charge >= 0.3 is 5.97 Å². The van der Waals surface area contributed by atoms with Crippen molar-refractivity contribution in [1.82, 2.24) is 0 Å². The van der Waals surface area contributed by atoms with Crippen molar-refractivity contribution in [2.24, 2.45) is 11.8 Å². The number of hydrogen-bond acceptors (Lipinski definition) is 3. The number of benzene rings is 1. The molecule has 1 saturated heterocycles. The molecule has 5 nitrogen and oxygen atoms in total. The predicted octanol–water partition coefficient (Wildman–Crippen LogP) is 0.972. The summed E-state index contributed by atoms with van der Waals surface area (Å²) in [5.74, 6) is 0.791. The van der Waals surface area contributed by atoms with Gasteiger partial charge in [0.05, 0.1) is 31.5 Å². The summed E-state index contributed by atoms with van der Waals surface area (Å²) < 4.78 is 4.74. The monoisotopic (exact) mass is 305 g/mol. The average Bonchev–Trinajstić information content (AvgIpc) is 2.45. The SMILES string of the molecule is COC(=O)c1ccccc1NC(=O)C[NH+]1C[C@@H](C)C[C@H](C)C1. The molecule has 1 aromatic carbocycles. The van der Waals surface area contributed by atoms with Crippen LogP contribution in [-0.2, 0) is 9.53 Å². The lowest BCUT2D eigenvalue weighted by Gasteiger charge is -2.31. The first-order valence-corrected chi connectivity index (χ1v) is 7.80. The van der Waals surface area contributed by atoms with Crippen molar-refractivity contribution in [3.63, 3.8) is 0 Å². The van der Waals surface area contributed by atoms with Crippen LogP contribution in [0.3, 0.4) is 0 Å². The van der Waals surface area contributed by atoms with Gasteiger partial charge in [0.25, 0.3) is 5.91 Å². The van der Waals surface area contributed by atoms with Crippen LogP contribution in [0.1, 0.15) is 30.6 Å². The maximum atomic E-state index is 12.3. The normalized spacial score (nSPS) is 24.6. The number of carbonyl (C=O) groups excluding carboxylic acids is 2. The quantitative estimate of drug-likeness (QED) is 0.815. The molecule has 22 heavy (non-hydrogen) atoms. The molecule has 0 spiro atoms. The largest absolute Gasteiger partial charge is 0.465 e. The van der Waals surface area contributed by atoms with Crippen molar-refractivity contribution in [2.75, 3.05) is 32.1 Å². The van der Waals surface area contributed by atoms with Crippen molar-refractivity contribution < 1.29 is 19.2 Å². The number of carbonyl (C=O) groups is 2. The second kappa shape index (κ2) is 7.40. The van der Waals surface area contributed by atoms with E-state index in [1.54, 1.807) is 24.3 Å². The Kier molecular flexibility index (Phi) is 5.55. The summed E-state index contributed by atoms with van der Waals surface area (Å²) in [7, 11) is 1.33. The number of esters is 1. The molecule has 1 heterocycles. The van der Waals surface area contributed by atoms with Gasteiger partial charge in [-0.2, -0.15) is 0 Å². The van der Waals surface area contributed by atoms with Crippen LogP contribution in [0.5, 0.6) is 0 Å². The molecule has 0 unspecified atom stereocenters. The number of para-hydroxylation sites is 1. The summed E-state index contributed by atoms with van der Waals surface area (Å²) in [4.78, 5) is 25.3. The highest BCUT2D eigenvalue weighted by atomic mass is 16.5.